The average Bonchev–Trinajstić information content (AvgIpc) is 1.59. The summed E-state index contributed by atoms with van der Waals surface area (Å²) in [6.07, 6.45) is -0.446. The number of carbonyl (C=O) groups is 2. The molecule has 0 saturated heterocycles. The molecule has 0 radical (unpaired) electrons. The Morgan fingerprint density at radius 3 is 2.78 bits per heavy atom. The Morgan fingerprint density at radius 1 is 1.67 bits per heavy atom. The molecule has 0 aromatic rings. The van der Waals surface area contributed by atoms with Gasteiger partial charge in [0, 0.05) is 0 Å². The van der Waals surface area contributed by atoms with Crippen LogP contribution in [0.5, 0.6) is 0 Å². The van der Waals surface area contributed by atoms with Crippen LogP contribution >= 0.6 is 0 Å². The summed E-state index contributed by atoms with van der Waals surface area (Å²) >= 11 is 0. The smallest absolute Gasteiger partial charge is 0.305 e. The highest BCUT2D eigenvalue weighted by Crippen LogP contribution is 1.97. The lowest BCUT2D eigenvalue weighted by Gasteiger charge is -2.01. The number of amides is 1. The van der Waals surface area contributed by atoms with E-state index in [1.54, 1.807) is 0 Å². The predicted octanol–water partition coefficient (Wildman–Crippen LogP) is -0.663. The molecule has 6 heteroatoms. The zero-order valence-electron chi connectivity index (χ0n) is 4.23. The van der Waals surface area contributed by atoms with Gasteiger partial charge in [-0.25, -0.2) is 5.21 Å². The maximum atomic E-state index is 10.2. The lowest BCUT2D eigenvalue weighted by molar-refractivity contribution is -0.763. The number of hydrogen-bond acceptors (Lipinski definition) is 4. The van der Waals surface area contributed by atoms with Gasteiger partial charge in [0.1, 0.15) is 11.5 Å². The summed E-state index contributed by atoms with van der Waals surface area (Å²) in [7, 11) is 0. The first-order chi connectivity index (χ1) is 4.18. The molecule has 0 unspecified atom stereocenters. The molecule has 1 aliphatic rings. The van der Waals surface area contributed by atoms with Gasteiger partial charge in [0.05, 0.1) is 0 Å². The molecule has 0 N–H and O–H groups in total. The van der Waals surface area contributed by atoms with Crippen LogP contribution in [0.4, 0.5) is 0 Å². The van der Waals surface area contributed by atoms with E-state index in [2.05, 4.69) is 9.95 Å². The summed E-state index contributed by atoms with van der Waals surface area (Å²) in [5.41, 5.74) is 0. The summed E-state index contributed by atoms with van der Waals surface area (Å²) in [5, 5.41) is 12.3. The highest BCUT2D eigenvalue weighted by molar-refractivity contribution is 5.94. The monoisotopic (exact) mass is 130 g/mol. The van der Waals surface area contributed by atoms with Gasteiger partial charge in [0.15, 0.2) is 5.02 Å². The molecule has 48 valence electrons. The van der Waals surface area contributed by atoms with Crippen molar-refractivity contribution in [2.75, 3.05) is 0 Å². The van der Waals surface area contributed by atoms with Crippen molar-refractivity contribution in [2.24, 2.45) is 5.11 Å². The normalized spacial score (nSPS) is 18.9. The fourth-order valence-electron chi connectivity index (χ4n) is 0.390. The van der Waals surface area contributed by atoms with Crippen LogP contribution < -0.4 is 0 Å². The summed E-state index contributed by atoms with van der Waals surface area (Å²) in [6.45, 7) is 0. The largest absolute Gasteiger partial charge is 0.323 e. The van der Waals surface area contributed by atoms with Crippen molar-refractivity contribution in [3.63, 3.8) is 0 Å². The lowest BCUT2D eigenvalue weighted by atomic mass is 10.4. The van der Waals surface area contributed by atoms with E-state index in [1.807, 2.05) is 0 Å². The van der Waals surface area contributed by atoms with E-state index < -0.39 is 23.3 Å². The van der Waals surface area contributed by atoms with Crippen LogP contribution in [0.1, 0.15) is 6.42 Å². The number of hydrogen-bond donors (Lipinski definition) is 0. The fourth-order valence-corrected chi connectivity index (χ4v) is 0.390. The van der Waals surface area contributed by atoms with E-state index in [-0.39, 0.29) is 0 Å². The van der Waals surface area contributed by atoms with E-state index in [0.29, 0.717) is 0 Å². The van der Waals surface area contributed by atoms with E-state index in [4.69, 9.17) is 0 Å². The first-order valence-electron chi connectivity index (χ1n) is 2.11. The fraction of sp³-hybridized carbons (Fsp3) is 0.333. The van der Waals surface area contributed by atoms with Crippen molar-refractivity contribution in [3.05, 3.63) is 5.21 Å². The van der Waals surface area contributed by atoms with E-state index in [0.717, 1.165) is 0 Å². The van der Waals surface area contributed by atoms with Crippen LogP contribution in [0.3, 0.4) is 0 Å². The second kappa shape index (κ2) is 1.81. The van der Waals surface area contributed by atoms with Crippen molar-refractivity contribution < 1.29 is 19.5 Å². The third-order valence-electron chi connectivity index (χ3n) is 0.669. The molecule has 6 nitrogen and oxygen atoms in total. The molecule has 0 bridgehead atoms. The molecule has 1 amide bonds. The lowest BCUT2D eigenvalue weighted by Crippen LogP contribution is -2.21. The van der Waals surface area contributed by atoms with Gasteiger partial charge < -0.3 is 4.84 Å². The van der Waals surface area contributed by atoms with Crippen LogP contribution in [0, 0.1) is 5.21 Å². The van der Waals surface area contributed by atoms with E-state index >= 15 is 0 Å². The van der Waals surface area contributed by atoms with Crippen LogP contribution in [0.2, 0.25) is 0 Å². The van der Waals surface area contributed by atoms with Crippen molar-refractivity contribution in [1.29, 1.82) is 0 Å². The number of nitrogens with zero attached hydrogens (tertiary/aromatic N) is 2. The Labute approximate surface area is 49.3 Å². The van der Waals surface area contributed by atoms with Crippen LogP contribution in [0.25, 0.3) is 0 Å². The average molecular weight is 130 g/mol. The van der Waals surface area contributed by atoms with Gasteiger partial charge in [-0.05, 0) is 0 Å². The summed E-state index contributed by atoms with van der Waals surface area (Å²) in [6, 6.07) is 0. The molecule has 0 atom stereocenters. The van der Waals surface area contributed by atoms with Crippen molar-refractivity contribution in [3.8, 4) is 0 Å². The second-order valence-corrected chi connectivity index (χ2v) is 1.37. The van der Waals surface area contributed by atoms with E-state index in [1.165, 1.54) is 0 Å². The van der Waals surface area contributed by atoms with E-state index in [9.17, 15) is 14.8 Å². The Balaban J connectivity index is 2.79. The van der Waals surface area contributed by atoms with Crippen LogP contribution in [0.15, 0.2) is 5.11 Å². The van der Waals surface area contributed by atoms with Gasteiger partial charge in [-0.3, -0.25) is 9.59 Å². The van der Waals surface area contributed by atoms with Gasteiger partial charge in [-0.1, -0.05) is 0 Å². The Bertz CT molecular complexity index is 196. The third-order valence-corrected chi connectivity index (χ3v) is 0.669. The SMILES string of the molecule is O=C1CC(=O)O[N+]([O-])=N1. The minimum Gasteiger partial charge on any atom is -0.305 e. The van der Waals surface area contributed by atoms with Crippen molar-refractivity contribution in [2.45, 2.75) is 6.42 Å². The molecular formula is C3H2N2O4. The molecule has 0 spiro atoms. The zero-order chi connectivity index (χ0) is 6.85. The highest BCUT2D eigenvalue weighted by Gasteiger charge is 2.19. The maximum Gasteiger partial charge on any atom is 0.323 e. The minimum absolute atomic E-state index is 0.395. The maximum absolute atomic E-state index is 10.2. The van der Waals surface area contributed by atoms with Crippen molar-refractivity contribution >= 4 is 11.9 Å². The predicted molar refractivity (Wildman–Crippen MR) is 21.8 cm³/mol. The number of carbonyl (C=O) groups excluding carboxylic acids is 2. The summed E-state index contributed by atoms with van der Waals surface area (Å²) in [5.74, 6) is -1.65. The molecule has 1 heterocycles. The number of rotatable bonds is 0. The third kappa shape index (κ3) is 1.21. The van der Waals surface area contributed by atoms with Crippen molar-refractivity contribution in [1.82, 2.24) is 0 Å². The van der Waals surface area contributed by atoms with Gasteiger partial charge in [-0.2, -0.15) is 0 Å². The Morgan fingerprint density at radius 2 is 2.33 bits per heavy atom. The van der Waals surface area contributed by atoms with Crippen LogP contribution in [-0.2, 0) is 14.4 Å². The molecule has 1 aliphatic heterocycles. The Kier molecular flexibility index (Phi) is 1.14. The molecule has 1 rings (SSSR count). The zero-order valence-corrected chi connectivity index (χ0v) is 4.23. The summed E-state index contributed by atoms with van der Waals surface area (Å²) in [4.78, 5) is 24.1. The van der Waals surface area contributed by atoms with Gasteiger partial charge in [0.25, 0.3) is 5.97 Å². The Hall–Kier alpha value is -1.46. The quantitative estimate of drug-likeness (QED) is 0.322. The second-order valence-electron chi connectivity index (χ2n) is 1.37. The molecule has 0 saturated carbocycles. The highest BCUT2D eigenvalue weighted by atomic mass is 16.9. The molecular weight excluding hydrogens is 128 g/mol. The van der Waals surface area contributed by atoms with Gasteiger partial charge in [-0.15, -0.1) is 0 Å². The molecule has 0 aromatic heterocycles. The van der Waals surface area contributed by atoms with Gasteiger partial charge in [0.2, 0.25) is 0 Å². The van der Waals surface area contributed by atoms with Gasteiger partial charge >= 0.3 is 5.91 Å². The minimum atomic E-state index is -0.870. The topological polar surface area (TPSA) is 81.8 Å². The first-order valence-corrected chi connectivity index (χ1v) is 2.11. The van der Waals surface area contributed by atoms with Crippen LogP contribution in [-0.4, -0.2) is 16.9 Å². The molecule has 0 aromatic carbocycles. The molecule has 0 aliphatic carbocycles. The molecule has 9 heavy (non-hydrogen) atoms. The standard InChI is InChI=1S/C3H2N2O4/c6-2-1-3(7)9-5(8)4-2/h1H2. The molecule has 0 fully saturated rings. The first kappa shape index (κ1) is 5.67. The summed E-state index contributed by atoms with van der Waals surface area (Å²) < 4.78 is 0.